The molecule has 1 atom stereocenters. The number of carbonyl (C=O) groups is 1. The number of nitrogens with zero attached hydrogens (tertiary/aromatic N) is 1. The zero-order chi connectivity index (χ0) is 26.9. The van der Waals surface area contributed by atoms with Gasteiger partial charge in [-0.25, -0.2) is 0 Å². The molecule has 5 nitrogen and oxygen atoms in total. The lowest BCUT2D eigenvalue weighted by atomic mass is 9.77. The summed E-state index contributed by atoms with van der Waals surface area (Å²) >= 11 is 3.55. The summed E-state index contributed by atoms with van der Waals surface area (Å²) in [6.07, 6.45) is -1.01. The van der Waals surface area contributed by atoms with Crippen molar-refractivity contribution in [2.75, 3.05) is 18.4 Å². The molecular weight excluding hydrogens is 561 g/mol. The number of hydrogen-bond donors (Lipinski definition) is 1. The van der Waals surface area contributed by atoms with Crippen molar-refractivity contribution in [2.45, 2.75) is 57.5 Å². The molecule has 1 spiro atoms. The number of hydrogen-bond acceptors (Lipinski definition) is 5. The molecule has 3 aromatic rings. The molecule has 0 bridgehead atoms. The molecule has 1 unspecified atom stereocenters. The highest BCUT2D eigenvalue weighted by Crippen LogP contribution is 2.41. The first-order chi connectivity index (χ1) is 18.1. The van der Waals surface area contributed by atoms with Crippen LogP contribution in [0.5, 0.6) is 5.75 Å². The van der Waals surface area contributed by atoms with Crippen LogP contribution in [0.1, 0.15) is 53.1 Å². The Balaban J connectivity index is 1.31. The van der Waals surface area contributed by atoms with Crippen LogP contribution in [0.4, 0.5) is 18.9 Å². The second-order valence-corrected chi connectivity index (χ2v) is 11.3. The van der Waals surface area contributed by atoms with Crippen LogP contribution in [0.15, 0.2) is 63.5 Å². The summed E-state index contributed by atoms with van der Waals surface area (Å²) < 4.78 is 48.1. The van der Waals surface area contributed by atoms with Crippen molar-refractivity contribution >= 4 is 27.4 Å². The number of halogens is 4. The zero-order valence-electron chi connectivity index (χ0n) is 21.1. The largest absolute Gasteiger partial charge is 0.573 e. The van der Waals surface area contributed by atoms with Gasteiger partial charge in [-0.05, 0) is 87.1 Å². The molecule has 9 heteroatoms. The summed E-state index contributed by atoms with van der Waals surface area (Å²) in [4.78, 5) is 16.1. The second kappa shape index (κ2) is 10.8. The Morgan fingerprint density at radius 3 is 2.50 bits per heavy atom. The van der Waals surface area contributed by atoms with Gasteiger partial charge in [-0.15, -0.1) is 13.2 Å². The molecular formula is C29H30BrF3N2O3. The molecule has 2 aromatic carbocycles. The van der Waals surface area contributed by atoms with Gasteiger partial charge in [0.15, 0.2) is 5.78 Å². The van der Waals surface area contributed by atoms with Gasteiger partial charge in [0.2, 0.25) is 0 Å². The average molecular weight is 591 g/mol. The topological polar surface area (TPSA) is 54.7 Å². The Hall–Kier alpha value is -2.78. The van der Waals surface area contributed by atoms with Crippen molar-refractivity contribution in [2.24, 2.45) is 5.92 Å². The number of furan rings is 1. The van der Waals surface area contributed by atoms with Crippen LogP contribution in [-0.2, 0) is 13.0 Å². The zero-order valence-corrected chi connectivity index (χ0v) is 22.7. The van der Waals surface area contributed by atoms with Crippen molar-refractivity contribution < 1.29 is 27.1 Å². The Labute approximate surface area is 228 Å². The smallest absolute Gasteiger partial charge is 0.465 e. The van der Waals surface area contributed by atoms with Gasteiger partial charge in [-0.2, -0.15) is 0 Å². The van der Waals surface area contributed by atoms with Crippen molar-refractivity contribution in [3.8, 4) is 5.75 Å². The molecule has 1 fully saturated rings. The summed E-state index contributed by atoms with van der Waals surface area (Å²) in [6.45, 7) is 4.49. The van der Waals surface area contributed by atoms with E-state index >= 15 is 0 Å². The summed E-state index contributed by atoms with van der Waals surface area (Å²) in [7, 11) is 0. The van der Waals surface area contributed by atoms with Crippen LogP contribution in [0, 0.1) is 12.8 Å². The van der Waals surface area contributed by atoms with Gasteiger partial charge in [-0.1, -0.05) is 28.1 Å². The van der Waals surface area contributed by atoms with E-state index in [1.165, 1.54) is 12.1 Å². The molecule has 2 aliphatic rings. The van der Waals surface area contributed by atoms with E-state index in [2.05, 4.69) is 30.9 Å². The molecule has 5 rings (SSSR count). The number of ketones is 1. The van der Waals surface area contributed by atoms with Crippen LogP contribution >= 0.6 is 15.9 Å². The molecule has 0 amide bonds. The average Bonchev–Trinajstić information content (AvgIpc) is 3.23. The van der Waals surface area contributed by atoms with E-state index in [1.807, 2.05) is 37.3 Å². The lowest BCUT2D eigenvalue weighted by Gasteiger charge is -2.43. The lowest BCUT2D eigenvalue weighted by Crippen LogP contribution is -2.49. The fraction of sp³-hybridized carbons (Fsp3) is 0.414. The summed E-state index contributed by atoms with van der Waals surface area (Å²) in [5.41, 5.74) is 2.21. The Morgan fingerprint density at radius 2 is 1.84 bits per heavy atom. The summed E-state index contributed by atoms with van der Waals surface area (Å²) in [5.74, 6) is 1.54. The first-order valence-corrected chi connectivity index (χ1v) is 13.6. The van der Waals surface area contributed by atoms with E-state index in [0.29, 0.717) is 24.8 Å². The second-order valence-electron chi connectivity index (χ2n) is 10.4. The molecule has 0 radical (unpaired) electrons. The van der Waals surface area contributed by atoms with Gasteiger partial charge in [0.1, 0.15) is 17.3 Å². The number of benzene rings is 2. The van der Waals surface area contributed by atoms with Crippen LogP contribution in [0.2, 0.25) is 0 Å². The van der Waals surface area contributed by atoms with E-state index in [4.69, 9.17) is 4.42 Å². The predicted octanol–water partition coefficient (Wildman–Crippen LogP) is 7.53. The van der Waals surface area contributed by atoms with E-state index in [0.717, 1.165) is 59.7 Å². The van der Waals surface area contributed by atoms with Crippen molar-refractivity contribution in [1.29, 1.82) is 0 Å². The normalized spacial score (nSPS) is 19.6. The number of carbonyl (C=O) groups excluding carboxylic acids is 1. The van der Waals surface area contributed by atoms with Crippen LogP contribution in [0.3, 0.4) is 0 Å². The molecule has 202 valence electrons. The number of ether oxygens (including phenoxy) is 1. The number of nitrogens with one attached hydrogen (secondary N) is 1. The SMILES string of the molecule is Cc1ccc(CN2CCC3(CC2)CC(CCc2ccc(OC(F)(F)F)cc2)C(=O)c2ccc(Br)cc2N3)o1. The fourth-order valence-corrected chi connectivity index (χ4v) is 6.01. The summed E-state index contributed by atoms with van der Waals surface area (Å²) in [5, 5.41) is 3.77. The standard InChI is InChI=1S/C29H30BrF3N2O3/c1-19-2-8-24(37-19)18-35-14-12-28(13-15-35)17-21(27(36)25-11-7-22(30)16-26(25)34-28)6-3-20-4-9-23(10-5-20)38-29(31,32)33/h2,4-5,7-11,16,21,34H,3,6,12-15,17-18H2,1H3. The van der Waals surface area contributed by atoms with E-state index < -0.39 is 6.36 Å². The third kappa shape index (κ3) is 6.43. The van der Waals surface area contributed by atoms with Gasteiger partial charge < -0.3 is 14.5 Å². The number of rotatable bonds is 6. The van der Waals surface area contributed by atoms with E-state index in [-0.39, 0.29) is 23.0 Å². The molecule has 1 saturated heterocycles. The molecule has 1 N–H and O–H groups in total. The molecule has 3 heterocycles. The van der Waals surface area contributed by atoms with Crippen molar-refractivity contribution in [3.05, 3.63) is 81.7 Å². The summed E-state index contributed by atoms with van der Waals surface area (Å²) in [6, 6.07) is 15.7. The monoisotopic (exact) mass is 590 g/mol. The van der Waals surface area contributed by atoms with Gasteiger partial charge in [-0.3, -0.25) is 9.69 Å². The van der Waals surface area contributed by atoms with Gasteiger partial charge in [0.05, 0.1) is 6.54 Å². The number of piperidine rings is 1. The minimum absolute atomic E-state index is 0.113. The first kappa shape index (κ1) is 26.8. The third-order valence-corrected chi connectivity index (χ3v) is 8.08. The molecule has 1 aromatic heterocycles. The van der Waals surface area contributed by atoms with Gasteiger partial charge >= 0.3 is 6.36 Å². The van der Waals surface area contributed by atoms with Gasteiger partial charge in [0.25, 0.3) is 0 Å². The maximum atomic E-state index is 13.7. The number of Topliss-reactive ketones (excluding diaryl/α,β-unsaturated/α-hetero) is 1. The Bertz CT molecular complexity index is 1280. The number of aryl methyl sites for hydroxylation is 2. The van der Waals surface area contributed by atoms with Crippen molar-refractivity contribution in [3.63, 3.8) is 0 Å². The minimum Gasteiger partial charge on any atom is -0.465 e. The Morgan fingerprint density at radius 1 is 1.11 bits per heavy atom. The number of fused-ring (bicyclic) bond motifs is 1. The van der Waals surface area contributed by atoms with Crippen LogP contribution < -0.4 is 10.1 Å². The molecule has 0 aliphatic carbocycles. The maximum absolute atomic E-state index is 13.7. The Kier molecular flexibility index (Phi) is 7.60. The van der Waals surface area contributed by atoms with Crippen molar-refractivity contribution in [1.82, 2.24) is 4.90 Å². The highest BCUT2D eigenvalue weighted by molar-refractivity contribution is 9.10. The molecule has 0 saturated carbocycles. The number of anilines is 1. The fourth-order valence-electron chi connectivity index (χ4n) is 5.65. The molecule has 38 heavy (non-hydrogen) atoms. The highest BCUT2D eigenvalue weighted by Gasteiger charge is 2.42. The number of alkyl halides is 3. The maximum Gasteiger partial charge on any atom is 0.573 e. The van der Waals surface area contributed by atoms with Gasteiger partial charge in [0, 0.05) is 40.3 Å². The van der Waals surface area contributed by atoms with E-state index in [9.17, 15) is 18.0 Å². The quantitative estimate of drug-likeness (QED) is 0.321. The van der Waals surface area contributed by atoms with Crippen LogP contribution in [-0.4, -0.2) is 35.7 Å². The molecule has 2 aliphatic heterocycles. The number of likely N-dealkylation sites (tertiary alicyclic amines) is 1. The third-order valence-electron chi connectivity index (χ3n) is 7.58. The van der Waals surface area contributed by atoms with Crippen LogP contribution in [0.25, 0.3) is 0 Å². The van der Waals surface area contributed by atoms with E-state index in [1.54, 1.807) is 12.1 Å². The first-order valence-electron chi connectivity index (χ1n) is 12.8. The predicted molar refractivity (Wildman–Crippen MR) is 142 cm³/mol. The lowest BCUT2D eigenvalue weighted by molar-refractivity contribution is -0.274. The minimum atomic E-state index is -4.72. The highest BCUT2D eigenvalue weighted by atomic mass is 79.9.